The molecule has 6 nitrogen and oxygen atoms in total. The topological polar surface area (TPSA) is 68.5 Å². The van der Waals surface area contributed by atoms with E-state index >= 15 is 0 Å². The zero-order valence-corrected chi connectivity index (χ0v) is 14.4. The lowest BCUT2D eigenvalue weighted by molar-refractivity contribution is -0.117. The summed E-state index contributed by atoms with van der Waals surface area (Å²) < 4.78 is 51.1. The Labute approximate surface area is 157 Å². The summed E-state index contributed by atoms with van der Waals surface area (Å²) in [6.07, 6.45) is 0.0482. The van der Waals surface area contributed by atoms with Crippen LogP contribution in [0.3, 0.4) is 0 Å². The first-order valence-corrected chi connectivity index (χ1v) is 8.46. The van der Waals surface area contributed by atoms with Crippen LogP contribution in [0.5, 0.6) is 5.75 Å². The van der Waals surface area contributed by atoms with Crippen molar-refractivity contribution in [2.45, 2.75) is 18.9 Å². The zero-order valence-electron chi connectivity index (χ0n) is 14.4. The van der Waals surface area contributed by atoms with E-state index in [9.17, 15) is 18.0 Å². The van der Waals surface area contributed by atoms with Gasteiger partial charge in [-0.15, -0.1) is 0 Å². The molecule has 0 saturated carbocycles. The van der Waals surface area contributed by atoms with Crippen LogP contribution in [0.1, 0.15) is 24.1 Å². The molecule has 1 atom stereocenters. The van der Waals surface area contributed by atoms with Gasteiger partial charge in [0.2, 0.25) is 17.6 Å². The number of benzene rings is 2. The Hall–Kier alpha value is -3.36. The van der Waals surface area contributed by atoms with Crippen LogP contribution < -0.4 is 9.64 Å². The highest BCUT2D eigenvalue weighted by molar-refractivity contribution is 5.96. The maximum atomic E-state index is 14.0. The number of amides is 1. The second-order valence-electron chi connectivity index (χ2n) is 6.27. The van der Waals surface area contributed by atoms with Crippen molar-refractivity contribution in [1.29, 1.82) is 0 Å². The molecule has 2 heterocycles. The molecule has 0 N–H and O–H groups in total. The van der Waals surface area contributed by atoms with Crippen molar-refractivity contribution in [1.82, 2.24) is 10.1 Å². The molecule has 9 heteroatoms. The monoisotopic (exact) mass is 389 g/mol. The van der Waals surface area contributed by atoms with E-state index in [0.29, 0.717) is 0 Å². The van der Waals surface area contributed by atoms with Gasteiger partial charge in [-0.25, -0.2) is 13.2 Å². The van der Waals surface area contributed by atoms with Gasteiger partial charge in [0.1, 0.15) is 11.6 Å². The molecule has 0 radical (unpaired) electrons. The average Bonchev–Trinajstić information content (AvgIpc) is 3.28. The second kappa shape index (κ2) is 7.34. The van der Waals surface area contributed by atoms with Crippen molar-refractivity contribution < 1.29 is 27.2 Å². The normalized spacial score (nSPS) is 16.6. The Morgan fingerprint density at radius 2 is 1.96 bits per heavy atom. The van der Waals surface area contributed by atoms with Crippen molar-refractivity contribution in [2.24, 2.45) is 0 Å². The third kappa shape index (κ3) is 3.55. The number of aromatic nitrogens is 2. The van der Waals surface area contributed by atoms with Crippen molar-refractivity contribution in [2.75, 3.05) is 11.4 Å². The van der Waals surface area contributed by atoms with E-state index in [-0.39, 0.29) is 48.6 Å². The van der Waals surface area contributed by atoms with E-state index in [2.05, 4.69) is 10.1 Å². The first kappa shape index (κ1) is 18.0. The molecule has 1 amide bonds. The predicted octanol–water partition coefficient (Wildman–Crippen LogP) is 3.59. The Morgan fingerprint density at radius 3 is 2.75 bits per heavy atom. The number of hydrogen-bond donors (Lipinski definition) is 0. The van der Waals surface area contributed by atoms with E-state index in [1.807, 2.05) is 0 Å². The van der Waals surface area contributed by atoms with Crippen molar-refractivity contribution in [3.05, 3.63) is 71.6 Å². The number of ether oxygens (including phenoxy) is 1. The Balaban J connectivity index is 1.44. The molecule has 1 aromatic heterocycles. The summed E-state index contributed by atoms with van der Waals surface area (Å²) >= 11 is 0. The number of nitrogens with zero attached hydrogens (tertiary/aromatic N) is 3. The summed E-state index contributed by atoms with van der Waals surface area (Å²) in [5, 5.41) is 3.77. The van der Waals surface area contributed by atoms with Gasteiger partial charge in [-0.1, -0.05) is 17.3 Å². The summed E-state index contributed by atoms with van der Waals surface area (Å²) in [6.45, 7) is 0.0125. The predicted molar refractivity (Wildman–Crippen MR) is 91.1 cm³/mol. The standard InChI is InChI=1S/C19H14F3N3O3/c20-12-5-6-15(14(22)8-12)25-9-11(7-18(25)26)19-23-17(24-28-19)10-27-16-4-2-1-3-13(16)21/h1-6,8,11H,7,9-10H2. The lowest BCUT2D eigenvalue weighted by Crippen LogP contribution is -2.25. The maximum Gasteiger partial charge on any atom is 0.232 e. The molecular weight excluding hydrogens is 375 g/mol. The van der Waals surface area contributed by atoms with Crippen LogP contribution in [-0.2, 0) is 11.4 Å². The average molecular weight is 389 g/mol. The fraction of sp³-hybridized carbons (Fsp3) is 0.211. The number of carbonyl (C=O) groups is 1. The highest BCUT2D eigenvalue weighted by Crippen LogP contribution is 2.32. The number of hydrogen-bond acceptors (Lipinski definition) is 5. The molecule has 1 unspecified atom stereocenters. The third-order valence-electron chi connectivity index (χ3n) is 4.35. The minimum atomic E-state index is -0.821. The quantitative estimate of drug-likeness (QED) is 0.667. The highest BCUT2D eigenvalue weighted by Gasteiger charge is 2.36. The number of para-hydroxylation sites is 1. The van der Waals surface area contributed by atoms with Gasteiger partial charge in [0.05, 0.1) is 11.6 Å². The van der Waals surface area contributed by atoms with Gasteiger partial charge in [-0.05, 0) is 24.3 Å². The Morgan fingerprint density at radius 1 is 1.14 bits per heavy atom. The molecule has 0 spiro atoms. The van der Waals surface area contributed by atoms with Crippen LogP contribution in [0.4, 0.5) is 18.9 Å². The number of halogens is 3. The van der Waals surface area contributed by atoms with E-state index in [1.165, 1.54) is 23.1 Å². The minimum Gasteiger partial charge on any atom is -0.482 e. The fourth-order valence-corrected chi connectivity index (χ4v) is 3.00. The molecule has 1 fully saturated rings. The van der Waals surface area contributed by atoms with E-state index in [1.54, 1.807) is 12.1 Å². The van der Waals surface area contributed by atoms with Crippen LogP contribution >= 0.6 is 0 Å². The first-order valence-electron chi connectivity index (χ1n) is 8.46. The highest BCUT2D eigenvalue weighted by atomic mass is 19.1. The molecule has 3 aromatic rings. The lowest BCUT2D eigenvalue weighted by atomic mass is 10.1. The van der Waals surface area contributed by atoms with Crippen LogP contribution in [0.2, 0.25) is 0 Å². The number of anilines is 1. The SMILES string of the molecule is O=C1CC(c2nc(COc3ccccc3F)no2)CN1c1ccc(F)cc1F. The van der Waals surface area contributed by atoms with Gasteiger partial charge in [0.15, 0.2) is 18.2 Å². The summed E-state index contributed by atoms with van der Waals surface area (Å²) in [6, 6.07) is 8.94. The van der Waals surface area contributed by atoms with Crippen LogP contribution in [-0.4, -0.2) is 22.6 Å². The molecule has 1 aliphatic heterocycles. The van der Waals surface area contributed by atoms with Gasteiger partial charge < -0.3 is 14.2 Å². The summed E-state index contributed by atoms with van der Waals surface area (Å²) in [4.78, 5) is 17.7. The molecule has 144 valence electrons. The molecule has 0 aliphatic carbocycles. The van der Waals surface area contributed by atoms with Gasteiger partial charge in [-0.3, -0.25) is 4.79 Å². The summed E-state index contributed by atoms with van der Waals surface area (Å²) in [5.41, 5.74) is -0.00322. The number of rotatable bonds is 5. The number of carbonyl (C=O) groups excluding carboxylic acids is 1. The molecule has 4 rings (SSSR count). The Bertz CT molecular complexity index is 1020. The summed E-state index contributed by atoms with van der Waals surface area (Å²) in [7, 11) is 0. The van der Waals surface area contributed by atoms with Gasteiger partial charge >= 0.3 is 0 Å². The second-order valence-corrected chi connectivity index (χ2v) is 6.27. The fourth-order valence-electron chi connectivity index (χ4n) is 3.00. The maximum absolute atomic E-state index is 14.0. The van der Waals surface area contributed by atoms with Gasteiger partial charge in [0, 0.05) is 19.0 Å². The Kier molecular flexibility index (Phi) is 4.72. The van der Waals surface area contributed by atoms with E-state index in [0.717, 1.165) is 12.1 Å². The van der Waals surface area contributed by atoms with Crippen LogP contribution in [0.25, 0.3) is 0 Å². The molecule has 28 heavy (non-hydrogen) atoms. The summed E-state index contributed by atoms with van der Waals surface area (Å²) in [5.74, 6) is -2.38. The molecule has 1 aliphatic rings. The largest absolute Gasteiger partial charge is 0.482 e. The molecule has 0 bridgehead atoms. The van der Waals surface area contributed by atoms with Crippen LogP contribution in [0.15, 0.2) is 47.0 Å². The third-order valence-corrected chi connectivity index (χ3v) is 4.35. The molecule has 1 saturated heterocycles. The van der Waals surface area contributed by atoms with Gasteiger partial charge in [0.25, 0.3) is 0 Å². The van der Waals surface area contributed by atoms with Crippen LogP contribution in [0, 0.1) is 17.5 Å². The smallest absolute Gasteiger partial charge is 0.232 e. The first-order chi connectivity index (χ1) is 13.5. The lowest BCUT2D eigenvalue weighted by Gasteiger charge is -2.16. The van der Waals surface area contributed by atoms with Gasteiger partial charge in [-0.2, -0.15) is 4.98 Å². The van der Waals surface area contributed by atoms with Crippen molar-refractivity contribution >= 4 is 11.6 Å². The molecular formula is C19H14F3N3O3. The van der Waals surface area contributed by atoms with E-state index < -0.39 is 23.4 Å². The van der Waals surface area contributed by atoms with Crippen molar-refractivity contribution in [3.63, 3.8) is 0 Å². The minimum absolute atomic E-state index is 0.00322. The van der Waals surface area contributed by atoms with E-state index in [4.69, 9.17) is 9.26 Å². The van der Waals surface area contributed by atoms with Crippen molar-refractivity contribution in [3.8, 4) is 5.75 Å². The zero-order chi connectivity index (χ0) is 19.7. The molecule has 2 aromatic carbocycles.